The van der Waals surface area contributed by atoms with Gasteiger partial charge in [-0.25, -0.2) is 4.98 Å². The number of rotatable bonds is 3. The summed E-state index contributed by atoms with van der Waals surface area (Å²) in [5.74, 6) is 0. The molecule has 92 valence electrons. The van der Waals surface area contributed by atoms with E-state index < -0.39 is 0 Å². The van der Waals surface area contributed by atoms with Crippen LogP contribution in [0.25, 0.3) is 17.8 Å². The van der Waals surface area contributed by atoms with Crippen LogP contribution in [0.4, 0.5) is 0 Å². The van der Waals surface area contributed by atoms with E-state index >= 15 is 0 Å². The highest BCUT2D eigenvalue weighted by molar-refractivity contribution is 5.69. The van der Waals surface area contributed by atoms with E-state index in [1.165, 1.54) is 11.1 Å². The smallest absolute Gasteiger partial charge is 0.0991 e. The molecule has 0 amide bonds. The maximum absolute atomic E-state index is 4.05. The van der Waals surface area contributed by atoms with E-state index in [1.807, 2.05) is 29.0 Å². The Morgan fingerprint density at radius 3 is 2.11 bits per heavy atom. The van der Waals surface area contributed by atoms with E-state index in [0.717, 1.165) is 5.69 Å². The molecule has 0 aliphatic carbocycles. The van der Waals surface area contributed by atoms with Crippen molar-refractivity contribution in [2.75, 3.05) is 0 Å². The van der Waals surface area contributed by atoms with Gasteiger partial charge in [0.1, 0.15) is 0 Å². The van der Waals surface area contributed by atoms with Crippen LogP contribution in [-0.4, -0.2) is 9.55 Å². The summed E-state index contributed by atoms with van der Waals surface area (Å²) in [6, 6.07) is 18.7. The molecule has 2 aromatic carbocycles. The molecular weight excluding hydrogens is 232 g/mol. The van der Waals surface area contributed by atoms with E-state index in [-0.39, 0.29) is 0 Å². The zero-order chi connectivity index (χ0) is 12.9. The molecule has 0 saturated heterocycles. The summed E-state index contributed by atoms with van der Waals surface area (Å²) in [5.41, 5.74) is 3.52. The molecule has 0 unspecified atom stereocenters. The molecule has 0 bridgehead atoms. The molecule has 0 saturated carbocycles. The minimum atomic E-state index is 1.12. The SMILES string of the molecule is C(=Cc1ccc(-n2ccnc2)cc1)c1ccccc1. The molecule has 19 heavy (non-hydrogen) atoms. The third-order valence-corrected chi connectivity index (χ3v) is 2.96. The van der Waals surface area contributed by atoms with Crippen molar-refractivity contribution in [2.24, 2.45) is 0 Å². The van der Waals surface area contributed by atoms with Crippen molar-refractivity contribution in [3.05, 3.63) is 84.4 Å². The lowest BCUT2D eigenvalue weighted by atomic mass is 10.1. The molecule has 0 aliphatic rings. The van der Waals surface area contributed by atoms with Gasteiger partial charge >= 0.3 is 0 Å². The fourth-order valence-corrected chi connectivity index (χ4v) is 1.93. The fraction of sp³-hybridized carbons (Fsp3) is 0. The Labute approximate surface area is 112 Å². The van der Waals surface area contributed by atoms with E-state index in [4.69, 9.17) is 0 Å². The first-order valence-electron chi connectivity index (χ1n) is 6.23. The summed E-state index contributed by atoms with van der Waals surface area (Å²) in [7, 11) is 0. The summed E-state index contributed by atoms with van der Waals surface area (Å²) >= 11 is 0. The summed E-state index contributed by atoms with van der Waals surface area (Å²) in [6.07, 6.45) is 9.76. The van der Waals surface area contributed by atoms with Crippen molar-refractivity contribution in [2.45, 2.75) is 0 Å². The number of nitrogens with zero attached hydrogens (tertiary/aromatic N) is 2. The molecule has 1 aromatic heterocycles. The minimum absolute atomic E-state index is 1.12. The Morgan fingerprint density at radius 1 is 0.789 bits per heavy atom. The molecule has 0 fully saturated rings. The fourth-order valence-electron chi connectivity index (χ4n) is 1.93. The van der Waals surface area contributed by atoms with Gasteiger partial charge in [-0.15, -0.1) is 0 Å². The van der Waals surface area contributed by atoms with Gasteiger partial charge in [0.05, 0.1) is 6.33 Å². The van der Waals surface area contributed by atoms with Crippen molar-refractivity contribution in [3.63, 3.8) is 0 Å². The Balaban J connectivity index is 1.78. The van der Waals surface area contributed by atoms with Crippen LogP contribution in [0.15, 0.2) is 73.3 Å². The average molecular weight is 246 g/mol. The van der Waals surface area contributed by atoms with Crippen molar-refractivity contribution in [3.8, 4) is 5.69 Å². The maximum atomic E-state index is 4.05. The number of benzene rings is 2. The van der Waals surface area contributed by atoms with Gasteiger partial charge < -0.3 is 4.57 Å². The van der Waals surface area contributed by atoms with Crippen LogP contribution in [0.5, 0.6) is 0 Å². The van der Waals surface area contributed by atoms with Gasteiger partial charge in [-0.3, -0.25) is 0 Å². The summed E-state index contributed by atoms with van der Waals surface area (Å²) in [5, 5.41) is 0. The second-order valence-corrected chi connectivity index (χ2v) is 4.31. The first-order chi connectivity index (χ1) is 9.42. The molecule has 3 aromatic rings. The molecule has 0 spiro atoms. The number of aromatic nitrogens is 2. The highest BCUT2D eigenvalue weighted by Gasteiger charge is 1.94. The van der Waals surface area contributed by atoms with Crippen LogP contribution in [-0.2, 0) is 0 Å². The van der Waals surface area contributed by atoms with Gasteiger partial charge in [-0.05, 0) is 23.3 Å². The predicted octanol–water partition coefficient (Wildman–Crippen LogP) is 4.04. The van der Waals surface area contributed by atoms with E-state index in [1.54, 1.807) is 12.5 Å². The first kappa shape index (κ1) is 11.5. The van der Waals surface area contributed by atoms with Crippen LogP contribution in [0.3, 0.4) is 0 Å². The van der Waals surface area contributed by atoms with Gasteiger partial charge in [0.2, 0.25) is 0 Å². The Kier molecular flexibility index (Phi) is 3.24. The van der Waals surface area contributed by atoms with Crippen LogP contribution < -0.4 is 0 Å². The molecular formula is C17H14N2. The van der Waals surface area contributed by atoms with Crippen LogP contribution in [0.2, 0.25) is 0 Å². The molecule has 0 N–H and O–H groups in total. The normalized spacial score (nSPS) is 10.9. The predicted molar refractivity (Wildman–Crippen MR) is 78.9 cm³/mol. The molecule has 0 aliphatic heterocycles. The lowest BCUT2D eigenvalue weighted by molar-refractivity contribution is 1.06. The highest BCUT2D eigenvalue weighted by Crippen LogP contribution is 2.12. The van der Waals surface area contributed by atoms with E-state index in [0.29, 0.717) is 0 Å². The summed E-state index contributed by atoms with van der Waals surface area (Å²) < 4.78 is 1.99. The zero-order valence-corrected chi connectivity index (χ0v) is 10.5. The molecule has 2 nitrogen and oxygen atoms in total. The third kappa shape index (κ3) is 2.80. The molecule has 0 radical (unpaired) electrons. The maximum Gasteiger partial charge on any atom is 0.0991 e. The second-order valence-electron chi connectivity index (χ2n) is 4.31. The van der Waals surface area contributed by atoms with Crippen LogP contribution in [0, 0.1) is 0 Å². The lowest BCUT2D eigenvalue weighted by Crippen LogP contribution is -1.88. The minimum Gasteiger partial charge on any atom is -0.306 e. The van der Waals surface area contributed by atoms with Crippen molar-refractivity contribution < 1.29 is 0 Å². The van der Waals surface area contributed by atoms with Crippen molar-refractivity contribution in [1.29, 1.82) is 0 Å². The van der Waals surface area contributed by atoms with E-state index in [9.17, 15) is 0 Å². The lowest BCUT2D eigenvalue weighted by Gasteiger charge is -2.02. The zero-order valence-electron chi connectivity index (χ0n) is 10.5. The van der Waals surface area contributed by atoms with Gasteiger partial charge in [0, 0.05) is 18.1 Å². The standard InChI is InChI=1S/C17H14N2/c1-2-4-15(5-3-1)6-7-16-8-10-17(11-9-16)19-13-12-18-14-19/h1-14H. The molecule has 1 heterocycles. The number of imidazole rings is 1. The van der Waals surface area contributed by atoms with Gasteiger partial charge in [-0.2, -0.15) is 0 Å². The molecule has 2 heteroatoms. The summed E-state index contributed by atoms with van der Waals surface area (Å²) in [6.45, 7) is 0. The van der Waals surface area contributed by atoms with Gasteiger partial charge in [0.15, 0.2) is 0 Å². The van der Waals surface area contributed by atoms with Crippen LogP contribution >= 0.6 is 0 Å². The monoisotopic (exact) mass is 246 g/mol. The summed E-state index contributed by atoms with van der Waals surface area (Å²) in [4.78, 5) is 4.05. The second kappa shape index (κ2) is 5.36. The Hall–Kier alpha value is -2.61. The molecule has 0 atom stereocenters. The number of hydrogen-bond acceptors (Lipinski definition) is 1. The average Bonchev–Trinajstić information content (AvgIpc) is 3.01. The largest absolute Gasteiger partial charge is 0.306 e. The van der Waals surface area contributed by atoms with Crippen molar-refractivity contribution >= 4 is 12.2 Å². The van der Waals surface area contributed by atoms with E-state index in [2.05, 4.69) is 53.5 Å². The first-order valence-corrected chi connectivity index (χ1v) is 6.23. The Morgan fingerprint density at radius 2 is 1.47 bits per heavy atom. The third-order valence-electron chi connectivity index (χ3n) is 2.96. The quantitative estimate of drug-likeness (QED) is 0.638. The topological polar surface area (TPSA) is 17.8 Å². The Bertz CT molecular complexity index is 650. The van der Waals surface area contributed by atoms with Crippen molar-refractivity contribution in [1.82, 2.24) is 9.55 Å². The van der Waals surface area contributed by atoms with Gasteiger partial charge in [-0.1, -0.05) is 54.6 Å². The molecule has 3 rings (SSSR count). The number of hydrogen-bond donors (Lipinski definition) is 0. The van der Waals surface area contributed by atoms with Crippen LogP contribution in [0.1, 0.15) is 11.1 Å². The highest BCUT2D eigenvalue weighted by atomic mass is 15.0. The van der Waals surface area contributed by atoms with Gasteiger partial charge in [0.25, 0.3) is 0 Å².